The number of rotatable bonds is 6. The summed E-state index contributed by atoms with van der Waals surface area (Å²) in [5.74, 6) is -3.24. The highest BCUT2D eigenvalue weighted by atomic mass is 19.2. The van der Waals surface area contributed by atoms with E-state index in [1.54, 1.807) is 11.0 Å². The first-order chi connectivity index (χ1) is 18.2. The Bertz CT molecular complexity index is 1370. The second-order valence-corrected chi connectivity index (χ2v) is 10.2. The zero-order chi connectivity index (χ0) is 27.0. The van der Waals surface area contributed by atoms with Gasteiger partial charge in [0.15, 0.2) is 17.5 Å². The van der Waals surface area contributed by atoms with E-state index in [4.69, 9.17) is 9.47 Å². The average Bonchev–Trinajstić information content (AvgIpc) is 3.22. The molecular formula is C30H31F3N2O3. The summed E-state index contributed by atoms with van der Waals surface area (Å²) in [6.07, 6.45) is 0.972. The van der Waals surface area contributed by atoms with Gasteiger partial charge in [0, 0.05) is 43.7 Å². The highest BCUT2D eigenvalue weighted by Gasteiger charge is 2.47. The minimum Gasteiger partial charge on any atom is -0.494 e. The number of carbonyl (C=O) groups excluding carboxylic acids is 1. The summed E-state index contributed by atoms with van der Waals surface area (Å²) in [5.41, 5.74) is 3.39. The first-order valence-electron chi connectivity index (χ1n) is 12.9. The Labute approximate surface area is 220 Å². The van der Waals surface area contributed by atoms with Gasteiger partial charge in [0.2, 0.25) is 0 Å². The van der Waals surface area contributed by atoms with Crippen molar-refractivity contribution in [1.29, 1.82) is 0 Å². The SMILES string of the molecule is CCOc1cc(CN2CCC3(CC2)CN(c2cccc(C)c2)C(=O)O3)c(-c2ccc(F)c(F)c2F)cc1C. The van der Waals surface area contributed by atoms with Crippen LogP contribution in [0.2, 0.25) is 0 Å². The van der Waals surface area contributed by atoms with E-state index in [0.717, 1.165) is 28.4 Å². The van der Waals surface area contributed by atoms with Crippen molar-refractivity contribution in [2.24, 2.45) is 0 Å². The van der Waals surface area contributed by atoms with Gasteiger partial charge in [-0.15, -0.1) is 0 Å². The van der Waals surface area contributed by atoms with Crippen molar-refractivity contribution in [1.82, 2.24) is 4.90 Å². The molecule has 3 aromatic carbocycles. The van der Waals surface area contributed by atoms with Crippen LogP contribution in [0.15, 0.2) is 48.5 Å². The summed E-state index contributed by atoms with van der Waals surface area (Å²) in [6, 6.07) is 13.6. The molecule has 0 aromatic heterocycles. The van der Waals surface area contributed by atoms with Gasteiger partial charge in [0.25, 0.3) is 0 Å². The van der Waals surface area contributed by atoms with E-state index < -0.39 is 23.1 Å². The predicted molar refractivity (Wildman–Crippen MR) is 140 cm³/mol. The van der Waals surface area contributed by atoms with Crippen molar-refractivity contribution < 1.29 is 27.4 Å². The molecule has 0 saturated carbocycles. The number of likely N-dealkylation sites (tertiary alicyclic amines) is 1. The second-order valence-electron chi connectivity index (χ2n) is 10.2. The highest BCUT2D eigenvalue weighted by molar-refractivity contribution is 5.90. The Morgan fingerprint density at radius 2 is 1.74 bits per heavy atom. The molecule has 5 nitrogen and oxygen atoms in total. The van der Waals surface area contributed by atoms with Crippen LogP contribution >= 0.6 is 0 Å². The Balaban J connectivity index is 1.36. The van der Waals surface area contributed by atoms with Crippen LogP contribution in [0.3, 0.4) is 0 Å². The maximum atomic E-state index is 14.8. The summed E-state index contributed by atoms with van der Waals surface area (Å²) in [4.78, 5) is 16.6. The summed E-state index contributed by atoms with van der Waals surface area (Å²) in [7, 11) is 0. The fraction of sp³-hybridized carbons (Fsp3) is 0.367. The van der Waals surface area contributed by atoms with Gasteiger partial charge in [0.1, 0.15) is 11.4 Å². The van der Waals surface area contributed by atoms with Crippen molar-refractivity contribution in [2.75, 3.05) is 31.1 Å². The van der Waals surface area contributed by atoms with Gasteiger partial charge in [-0.25, -0.2) is 18.0 Å². The number of halogens is 3. The van der Waals surface area contributed by atoms with Crippen LogP contribution in [0.25, 0.3) is 11.1 Å². The lowest BCUT2D eigenvalue weighted by Gasteiger charge is -2.37. The normalized spacial score (nSPS) is 17.2. The standard InChI is InChI=1S/C30H31F3N2O3/c1-4-37-26-16-21(24(15-20(26)3)23-8-9-25(31)28(33)27(23)32)17-34-12-10-30(11-13-34)18-35(29(36)38-30)22-7-5-6-19(2)14-22/h5-9,14-16H,4,10-13,17-18H2,1-3H3. The highest BCUT2D eigenvalue weighted by Crippen LogP contribution is 2.38. The third kappa shape index (κ3) is 4.97. The molecule has 2 aliphatic rings. The minimum atomic E-state index is -1.49. The van der Waals surface area contributed by atoms with Crippen molar-refractivity contribution in [3.63, 3.8) is 0 Å². The van der Waals surface area contributed by atoms with Crippen molar-refractivity contribution >= 4 is 11.8 Å². The van der Waals surface area contributed by atoms with Gasteiger partial charge in [0.05, 0.1) is 13.2 Å². The molecule has 3 aromatic rings. The number of nitrogens with zero attached hydrogens (tertiary/aromatic N) is 2. The average molecular weight is 525 g/mol. The molecule has 2 aliphatic heterocycles. The molecule has 2 heterocycles. The number of hydrogen-bond donors (Lipinski definition) is 0. The number of ether oxygens (including phenoxy) is 2. The Morgan fingerprint density at radius 1 is 0.974 bits per heavy atom. The van der Waals surface area contributed by atoms with Crippen LogP contribution in [0.1, 0.15) is 36.5 Å². The van der Waals surface area contributed by atoms with Gasteiger partial charge in [-0.3, -0.25) is 9.80 Å². The van der Waals surface area contributed by atoms with E-state index in [2.05, 4.69) is 4.90 Å². The van der Waals surface area contributed by atoms with Gasteiger partial charge >= 0.3 is 6.09 Å². The van der Waals surface area contributed by atoms with Crippen LogP contribution < -0.4 is 9.64 Å². The quantitative estimate of drug-likeness (QED) is 0.334. The molecular weight excluding hydrogens is 493 g/mol. The third-order valence-electron chi connectivity index (χ3n) is 7.47. The van der Waals surface area contributed by atoms with E-state index in [1.807, 2.05) is 51.1 Å². The monoisotopic (exact) mass is 524 g/mol. The summed E-state index contributed by atoms with van der Waals surface area (Å²) < 4.78 is 54.2. The summed E-state index contributed by atoms with van der Waals surface area (Å²) in [5, 5.41) is 0. The molecule has 2 saturated heterocycles. The Morgan fingerprint density at radius 3 is 2.45 bits per heavy atom. The van der Waals surface area contributed by atoms with E-state index >= 15 is 0 Å². The number of anilines is 1. The smallest absolute Gasteiger partial charge is 0.415 e. The lowest BCUT2D eigenvalue weighted by molar-refractivity contribution is -0.000952. The van der Waals surface area contributed by atoms with Gasteiger partial charge in [-0.2, -0.15) is 0 Å². The molecule has 0 radical (unpaired) electrons. The number of aryl methyl sites for hydroxylation is 2. The summed E-state index contributed by atoms with van der Waals surface area (Å²) >= 11 is 0. The molecule has 1 spiro atoms. The van der Waals surface area contributed by atoms with E-state index in [9.17, 15) is 18.0 Å². The molecule has 0 N–H and O–H groups in total. The molecule has 0 atom stereocenters. The molecule has 38 heavy (non-hydrogen) atoms. The van der Waals surface area contributed by atoms with Crippen molar-refractivity contribution in [3.05, 3.63) is 82.7 Å². The van der Waals surface area contributed by atoms with Crippen LogP contribution in [-0.2, 0) is 11.3 Å². The van der Waals surface area contributed by atoms with Gasteiger partial charge in [-0.05, 0) is 79.4 Å². The van der Waals surface area contributed by atoms with E-state index in [-0.39, 0.29) is 11.7 Å². The number of amides is 1. The topological polar surface area (TPSA) is 42.0 Å². The number of carbonyl (C=O) groups is 1. The number of piperidine rings is 1. The van der Waals surface area contributed by atoms with E-state index in [1.165, 1.54) is 6.07 Å². The lowest BCUT2D eigenvalue weighted by atomic mass is 9.90. The fourth-order valence-corrected chi connectivity index (χ4v) is 5.39. The van der Waals surface area contributed by atoms with Crippen molar-refractivity contribution in [2.45, 2.75) is 45.8 Å². The molecule has 1 amide bonds. The lowest BCUT2D eigenvalue weighted by Crippen LogP contribution is -2.46. The molecule has 200 valence electrons. The van der Waals surface area contributed by atoms with Crippen LogP contribution in [0.4, 0.5) is 23.7 Å². The first-order valence-corrected chi connectivity index (χ1v) is 12.9. The van der Waals surface area contributed by atoms with Gasteiger partial charge in [-0.1, -0.05) is 12.1 Å². The van der Waals surface area contributed by atoms with Gasteiger partial charge < -0.3 is 9.47 Å². The maximum absolute atomic E-state index is 14.8. The molecule has 5 rings (SSSR count). The Kier molecular flexibility index (Phi) is 7.09. The van der Waals surface area contributed by atoms with Crippen LogP contribution in [0, 0.1) is 31.3 Å². The van der Waals surface area contributed by atoms with E-state index in [0.29, 0.717) is 56.9 Å². The minimum absolute atomic E-state index is 0.0112. The fourth-order valence-electron chi connectivity index (χ4n) is 5.39. The number of benzene rings is 3. The van der Waals surface area contributed by atoms with Crippen LogP contribution in [-0.4, -0.2) is 42.8 Å². The number of hydrogen-bond acceptors (Lipinski definition) is 4. The van der Waals surface area contributed by atoms with Crippen LogP contribution in [0.5, 0.6) is 5.75 Å². The maximum Gasteiger partial charge on any atom is 0.415 e. The van der Waals surface area contributed by atoms with Crippen molar-refractivity contribution in [3.8, 4) is 16.9 Å². The molecule has 0 unspecified atom stereocenters. The zero-order valence-electron chi connectivity index (χ0n) is 21.8. The molecule has 0 aliphatic carbocycles. The largest absolute Gasteiger partial charge is 0.494 e. The molecule has 0 bridgehead atoms. The zero-order valence-corrected chi connectivity index (χ0v) is 21.8. The first kappa shape index (κ1) is 26.1. The Hall–Kier alpha value is -3.52. The molecule has 8 heteroatoms. The third-order valence-corrected chi connectivity index (χ3v) is 7.47. The second kappa shape index (κ2) is 10.3. The predicted octanol–water partition coefficient (Wildman–Crippen LogP) is 6.78. The molecule has 2 fully saturated rings. The summed E-state index contributed by atoms with van der Waals surface area (Å²) in [6.45, 7) is 8.45.